The topological polar surface area (TPSA) is 30.5 Å². The molecule has 0 aromatic heterocycles. The summed E-state index contributed by atoms with van der Waals surface area (Å²) < 4.78 is 12.0. The molecule has 0 saturated heterocycles. The third-order valence-corrected chi connectivity index (χ3v) is 5.85. The van der Waals surface area contributed by atoms with Crippen LogP contribution in [0.5, 0.6) is 11.5 Å². The molecule has 1 aliphatic carbocycles. The number of benzene rings is 2. The first-order chi connectivity index (χ1) is 14.1. The van der Waals surface area contributed by atoms with Gasteiger partial charge in [0, 0.05) is 12.2 Å². The molecule has 2 aromatic carbocycles. The van der Waals surface area contributed by atoms with E-state index >= 15 is 0 Å². The molecule has 1 N–H and O–H groups in total. The second kappa shape index (κ2) is 11.1. The number of anilines is 1. The number of aryl methyl sites for hydroxylation is 1. The summed E-state index contributed by atoms with van der Waals surface area (Å²) in [4.78, 5) is 0. The Hall–Kier alpha value is -2.16. The monoisotopic (exact) mass is 395 g/mol. The van der Waals surface area contributed by atoms with E-state index in [9.17, 15) is 0 Å². The maximum Gasteiger partial charge on any atom is 0.123 e. The zero-order valence-electron chi connectivity index (χ0n) is 18.4. The molecule has 1 saturated carbocycles. The zero-order valence-corrected chi connectivity index (χ0v) is 18.4. The first-order valence-electron chi connectivity index (χ1n) is 11.3. The fraction of sp³-hybridized carbons (Fsp3) is 0.538. The Bertz CT molecular complexity index is 733. The van der Waals surface area contributed by atoms with Gasteiger partial charge in [-0.05, 0) is 66.6 Å². The molecule has 158 valence electrons. The Balaban J connectivity index is 1.37. The van der Waals surface area contributed by atoms with Crippen LogP contribution in [0, 0.1) is 12.8 Å². The number of rotatable bonds is 10. The third-order valence-electron chi connectivity index (χ3n) is 5.85. The van der Waals surface area contributed by atoms with E-state index in [1.165, 1.54) is 49.7 Å². The molecule has 0 radical (unpaired) electrons. The van der Waals surface area contributed by atoms with Crippen molar-refractivity contribution in [3.63, 3.8) is 0 Å². The van der Waals surface area contributed by atoms with Crippen LogP contribution in [0.25, 0.3) is 0 Å². The molecule has 0 heterocycles. The van der Waals surface area contributed by atoms with E-state index in [4.69, 9.17) is 9.47 Å². The van der Waals surface area contributed by atoms with Crippen molar-refractivity contribution in [1.82, 2.24) is 0 Å². The molecular formula is C26H37NO2. The molecule has 3 heteroatoms. The van der Waals surface area contributed by atoms with Gasteiger partial charge in [0.2, 0.25) is 0 Å². The molecule has 0 aliphatic heterocycles. The van der Waals surface area contributed by atoms with Crippen molar-refractivity contribution in [3.8, 4) is 11.5 Å². The van der Waals surface area contributed by atoms with Crippen LogP contribution in [0.3, 0.4) is 0 Å². The third kappa shape index (κ3) is 6.99. The van der Waals surface area contributed by atoms with Gasteiger partial charge in [-0.3, -0.25) is 0 Å². The van der Waals surface area contributed by atoms with Crippen molar-refractivity contribution in [1.29, 1.82) is 0 Å². The average Bonchev–Trinajstić information content (AvgIpc) is 2.73. The largest absolute Gasteiger partial charge is 0.494 e. The van der Waals surface area contributed by atoms with Gasteiger partial charge in [0.15, 0.2) is 0 Å². The molecule has 0 bridgehead atoms. The van der Waals surface area contributed by atoms with Crippen LogP contribution in [0.15, 0.2) is 42.5 Å². The lowest BCUT2D eigenvalue weighted by Crippen LogP contribution is -2.12. The van der Waals surface area contributed by atoms with Crippen LogP contribution in [-0.2, 0) is 0 Å². The molecular weight excluding hydrogens is 358 g/mol. The lowest BCUT2D eigenvalue weighted by molar-refractivity contribution is 0.246. The van der Waals surface area contributed by atoms with Gasteiger partial charge < -0.3 is 14.8 Å². The van der Waals surface area contributed by atoms with Crippen molar-refractivity contribution in [3.05, 3.63) is 53.6 Å². The van der Waals surface area contributed by atoms with Gasteiger partial charge in [0.05, 0.1) is 6.61 Å². The minimum atomic E-state index is 0.462. The molecule has 3 rings (SSSR count). The molecule has 29 heavy (non-hydrogen) atoms. The number of ether oxygens (including phenoxy) is 2. The normalized spacial score (nSPS) is 14.8. The average molecular weight is 396 g/mol. The van der Waals surface area contributed by atoms with Gasteiger partial charge in [-0.15, -0.1) is 0 Å². The highest BCUT2D eigenvalue weighted by atomic mass is 16.5. The van der Waals surface area contributed by atoms with Crippen LogP contribution >= 0.6 is 0 Å². The van der Waals surface area contributed by atoms with Crippen LogP contribution in [0.2, 0.25) is 0 Å². The van der Waals surface area contributed by atoms with Crippen molar-refractivity contribution in [2.24, 2.45) is 5.92 Å². The van der Waals surface area contributed by atoms with Crippen LogP contribution < -0.4 is 14.8 Å². The highest BCUT2D eigenvalue weighted by Crippen LogP contribution is 2.28. The fourth-order valence-corrected chi connectivity index (χ4v) is 4.09. The van der Waals surface area contributed by atoms with Gasteiger partial charge in [-0.25, -0.2) is 0 Å². The Morgan fingerprint density at radius 2 is 1.69 bits per heavy atom. The van der Waals surface area contributed by atoms with Gasteiger partial charge in [0.1, 0.15) is 18.1 Å². The fourth-order valence-electron chi connectivity index (χ4n) is 4.09. The van der Waals surface area contributed by atoms with Crippen LogP contribution in [0.4, 0.5) is 5.69 Å². The van der Waals surface area contributed by atoms with E-state index in [0.717, 1.165) is 36.3 Å². The van der Waals surface area contributed by atoms with Crippen molar-refractivity contribution >= 4 is 5.69 Å². The molecule has 0 unspecified atom stereocenters. The SMILES string of the molecule is Cc1ccc(C(C)C)c(OCCNc2ccc(OCCC3CCCCC3)cc2)c1. The number of hydrogen-bond donors (Lipinski definition) is 1. The van der Waals surface area contributed by atoms with Gasteiger partial charge in [-0.1, -0.05) is 58.1 Å². The summed E-state index contributed by atoms with van der Waals surface area (Å²) in [5, 5.41) is 3.43. The standard InChI is InChI=1S/C26H37NO2/c1-20(2)25-14-9-21(3)19-26(25)29-18-16-27-23-10-12-24(13-11-23)28-17-15-22-7-5-4-6-8-22/h9-14,19-20,22,27H,4-8,15-18H2,1-3H3. The first-order valence-corrected chi connectivity index (χ1v) is 11.3. The highest BCUT2D eigenvalue weighted by molar-refractivity contribution is 5.46. The van der Waals surface area contributed by atoms with Crippen LogP contribution in [0.1, 0.15) is 69.4 Å². The van der Waals surface area contributed by atoms with Crippen molar-refractivity contribution < 1.29 is 9.47 Å². The summed E-state index contributed by atoms with van der Waals surface area (Å²) in [6.45, 7) is 8.76. The highest BCUT2D eigenvalue weighted by Gasteiger charge is 2.13. The van der Waals surface area contributed by atoms with E-state index in [1.54, 1.807) is 0 Å². The molecule has 1 aliphatic rings. The summed E-state index contributed by atoms with van der Waals surface area (Å²) in [7, 11) is 0. The summed E-state index contributed by atoms with van der Waals surface area (Å²) in [6.07, 6.45) is 8.18. The summed E-state index contributed by atoms with van der Waals surface area (Å²) >= 11 is 0. The first kappa shape index (κ1) is 21.5. The van der Waals surface area contributed by atoms with E-state index in [-0.39, 0.29) is 0 Å². The maximum absolute atomic E-state index is 6.05. The van der Waals surface area contributed by atoms with E-state index in [0.29, 0.717) is 12.5 Å². The van der Waals surface area contributed by atoms with Crippen molar-refractivity contribution in [2.75, 3.05) is 25.1 Å². The van der Waals surface area contributed by atoms with E-state index < -0.39 is 0 Å². The number of hydrogen-bond acceptors (Lipinski definition) is 3. The number of nitrogens with one attached hydrogen (secondary N) is 1. The van der Waals surface area contributed by atoms with Gasteiger partial charge >= 0.3 is 0 Å². The summed E-state index contributed by atoms with van der Waals surface area (Å²) in [5.74, 6) is 3.30. The molecule has 2 aromatic rings. The van der Waals surface area contributed by atoms with Crippen LogP contribution in [-0.4, -0.2) is 19.8 Å². The molecule has 0 spiro atoms. The Kier molecular flexibility index (Phi) is 8.27. The van der Waals surface area contributed by atoms with Crippen molar-refractivity contribution in [2.45, 2.75) is 65.2 Å². The molecule has 3 nitrogen and oxygen atoms in total. The molecule has 0 atom stereocenters. The molecule has 0 amide bonds. The van der Waals surface area contributed by atoms with Gasteiger partial charge in [-0.2, -0.15) is 0 Å². The predicted octanol–water partition coefficient (Wildman–Crippen LogP) is 6.96. The lowest BCUT2D eigenvalue weighted by atomic mass is 9.87. The Labute approximate surface area is 176 Å². The second-order valence-electron chi connectivity index (χ2n) is 8.64. The van der Waals surface area contributed by atoms with E-state index in [2.05, 4.69) is 68.6 Å². The smallest absolute Gasteiger partial charge is 0.123 e. The lowest BCUT2D eigenvalue weighted by Gasteiger charge is -2.21. The quantitative estimate of drug-likeness (QED) is 0.441. The van der Waals surface area contributed by atoms with Gasteiger partial charge in [0.25, 0.3) is 0 Å². The zero-order chi connectivity index (χ0) is 20.5. The summed E-state index contributed by atoms with van der Waals surface area (Å²) in [5.41, 5.74) is 3.60. The Morgan fingerprint density at radius 1 is 0.931 bits per heavy atom. The summed E-state index contributed by atoms with van der Waals surface area (Å²) in [6, 6.07) is 14.7. The second-order valence-corrected chi connectivity index (χ2v) is 8.64. The Morgan fingerprint density at radius 3 is 2.41 bits per heavy atom. The predicted molar refractivity (Wildman–Crippen MR) is 122 cm³/mol. The minimum absolute atomic E-state index is 0.462. The minimum Gasteiger partial charge on any atom is -0.494 e. The maximum atomic E-state index is 6.05. The van der Waals surface area contributed by atoms with E-state index in [1.807, 2.05) is 0 Å². The molecule has 1 fully saturated rings.